The molecule has 1 aromatic rings. The molecule has 0 saturated heterocycles. The minimum absolute atomic E-state index is 0.830. The van der Waals surface area contributed by atoms with Crippen LogP contribution in [0.5, 0.6) is 0 Å². The second-order valence-corrected chi connectivity index (χ2v) is 3.30. The quantitative estimate of drug-likeness (QED) is 0.640. The molecule has 0 amide bonds. The van der Waals surface area contributed by atoms with Gasteiger partial charge in [0.15, 0.2) is 6.29 Å². The normalized spacial score (nSPS) is 14.4. The summed E-state index contributed by atoms with van der Waals surface area (Å²) in [5.74, 6) is 0. The van der Waals surface area contributed by atoms with Crippen LogP contribution in [-0.2, 0) is 6.42 Å². The van der Waals surface area contributed by atoms with Crippen molar-refractivity contribution in [1.29, 1.82) is 0 Å². The lowest BCUT2D eigenvalue weighted by Gasteiger charge is -2.17. The summed E-state index contributed by atoms with van der Waals surface area (Å²) in [5.41, 5.74) is 3.29. The van der Waals surface area contributed by atoms with E-state index in [1.807, 2.05) is 12.1 Å². The lowest BCUT2D eigenvalue weighted by atomic mass is 10.1. The molecule has 0 bridgehead atoms. The van der Waals surface area contributed by atoms with Crippen molar-refractivity contribution in [2.24, 2.45) is 0 Å². The molecule has 0 N–H and O–H groups in total. The molecule has 0 fully saturated rings. The molecule has 0 atom stereocenters. The number of hydrogen-bond donors (Lipinski definition) is 0. The molecule has 2 rings (SSSR count). The highest BCUT2D eigenvalue weighted by Gasteiger charge is 2.19. The minimum atomic E-state index is 0.830. The average molecular weight is 175 g/mol. The van der Waals surface area contributed by atoms with E-state index in [0.29, 0.717) is 0 Å². The summed E-state index contributed by atoms with van der Waals surface area (Å²) in [7, 11) is 0. The molecule has 0 aliphatic carbocycles. The number of aldehydes is 1. The predicted molar refractivity (Wildman–Crippen MR) is 53.4 cm³/mol. The maximum atomic E-state index is 10.8. The van der Waals surface area contributed by atoms with E-state index in [9.17, 15) is 4.79 Å². The standard InChI is InChI=1S/C11H13NO/c1-2-12-7-6-9-4-3-5-10(8-13)11(9)12/h3-5,8H,2,6-7H2,1H3. The first kappa shape index (κ1) is 8.30. The van der Waals surface area contributed by atoms with Gasteiger partial charge in [0, 0.05) is 18.7 Å². The van der Waals surface area contributed by atoms with Crippen LogP contribution < -0.4 is 4.90 Å². The Kier molecular flexibility index (Phi) is 2.05. The van der Waals surface area contributed by atoms with Gasteiger partial charge in [-0.05, 0) is 25.0 Å². The zero-order valence-electron chi connectivity index (χ0n) is 7.79. The SMILES string of the molecule is CCN1CCc2cccc(C=O)c21. The van der Waals surface area contributed by atoms with Gasteiger partial charge in [-0.25, -0.2) is 0 Å². The van der Waals surface area contributed by atoms with Crippen LogP contribution in [0, 0.1) is 0 Å². The second kappa shape index (κ2) is 3.21. The molecule has 2 heteroatoms. The minimum Gasteiger partial charge on any atom is -0.371 e. The molecule has 0 aromatic heterocycles. The molecule has 13 heavy (non-hydrogen) atoms. The van der Waals surface area contributed by atoms with Crippen LogP contribution in [-0.4, -0.2) is 19.4 Å². The van der Waals surface area contributed by atoms with Gasteiger partial charge in [-0.1, -0.05) is 12.1 Å². The molecule has 0 radical (unpaired) electrons. The monoisotopic (exact) mass is 175 g/mol. The lowest BCUT2D eigenvalue weighted by Crippen LogP contribution is -2.20. The van der Waals surface area contributed by atoms with Gasteiger partial charge in [0.2, 0.25) is 0 Å². The van der Waals surface area contributed by atoms with Crippen molar-refractivity contribution < 1.29 is 4.79 Å². The average Bonchev–Trinajstić information content (AvgIpc) is 2.60. The third-order valence-electron chi connectivity index (χ3n) is 2.63. The number of likely N-dealkylation sites (N-methyl/N-ethyl adjacent to an activating group) is 1. The van der Waals surface area contributed by atoms with E-state index in [4.69, 9.17) is 0 Å². The second-order valence-electron chi connectivity index (χ2n) is 3.30. The van der Waals surface area contributed by atoms with Crippen molar-refractivity contribution >= 4 is 12.0 Å². The highest BCUT2D eigenvalue weighted by Crippen LogP contribution is 2.30. The maximum absolute atomic E-state index is 10.8. The van der Waals surface area contributed by atoms with E-state index in [-0.39, 0.29) is 0 Å². The van der Waals surface area contributed by atoms with Gasteiger partial charge in [-0.3, -0.25) is 4.79 Å². The Morgan fingerprint density at radius 1 is 1.54 bits per heavy atom. The van der Waals surface area contributed by atoms with Gasteiger partial charge >= 0.3 is 0 Å². The molecule has 68 valence electrons. The number of carbonyl (C=O) groups excluding carboxylic acids is 1. The summed E-state index contributed by atoms with van der Waals surface area (Å²) >= 11 is 0. The number of nitrogens with zero attached hydrogens (tertiary/aromatic N) is 1. The number of hydrogen-bond acceptors (Lipinski definition) is 2. The molecular formula is C11H13NO. The number of para-hydroxylation sites is 1. The van der Waals surface area contributed by atoms with E-state index >= 15 is 0 Å². The van der Waals surface area contributed by atoms with Gasteiger partial charge in [0.25, 0.3) is 0 Å². The van der Waals surface area contributed by atoms with Crippen molar-refractivity contribution in [3.05, 3.63) is 29.3 Å². The molecule has 0 saturated carbocycles. The Morgan fingerprint density at radius 2 is 2.38 bits per heavy atom. The highest BCUT2D eigenvalue weighted by atomic mass is 16.1. The van der Waals surface area contributed by atoms with Gasteiger partial charge in [-0.15, -0.1) is 0 Å². The summed E-state index contributed by atoms with van der Waals surface area (Å²) in [4.78, 5) is 13.1. The summed E-state index contributed by atoms with van der Waals surface area (Å²) in [5, 5.41) is 0. The zero-order valence-corrected chi connectivity index (χ0v) is 7.79. The van der Waals surface area contributed by atoms with Crippen molar-refractivity contribution in [2.75, 3.05) is 18.0 Å². The summed E-state index contributed by atoms with van der Waals surface area (Å²) < 4.78 is 0. The fraction of sp³-hybridized carbons (Fsp3) is 0.364. The van der Waals surface area contributed by atoms with Crippen LogP contribution in [0.2, 0.25) is 0 Å². The Bertz CT molecular complexity index is 333. The molecule has 1 heterocycles. The first-order valence-electron chi connectivity index (χ1n) is 4.69. The third kappa shape index (κ3) is 1.22. The third-order valence-corrected chi connectivity index (χ3v) is 2.63. The molecule has 2 nitrogen and oxygen atoms in total. The van der Waals surface area contributed by atoms with Crippen LogP contribution in [0.4, 0.5) is 5.69 Å². The number of benzene rings is 1. The molecular weight excluding hydrogens is 162 g/mol. The predicted octanol–water partition coefficient (Wildman–Crippen LogP) is 1.88. The largest absolute Gasteiger partial charge is 0.371 e. The van der Waals surface area contributed by atoms with E-state index in [1.54, 1.807) is 0 Å². The van der Waals surface area contributed by atoms with E-state index in [1.165, 1.54) is 5.56 Å². The van der Waals surface area contributed by atoms with Crippen LogP contribution in [0.3, 0.4) is 0 Å². The topological polar surface area (TPSA) is 20.3 Å². The van der Waals surface area contributed by atoms with Crippen LogP contribution in [0.15, 0.2) is 18.2 Å². The molecule has 1 aromatic carbocycles. The van der Waals surface area contributed by atoms with Crippen LogP contribution >= 0.6 is 0 Å². The van der Waals surface area contributed by atoms with Gasteiger partial charge < -0.3 is 4.90 Å². The summed E-state index contributed by atoms with van der Waals surface area (Å²) in [6.45, 7) is 4.16. The Balaban J connectivity index is 2.52. The molecule has 1 aliphatic rings. The fourth-order valence-corrected chi connectivity index (χ4v) is 1.98. The van der Waals surface area contributed by atoms with Crippen molar-refractivity contribution in [2.45, 2.75) is 13.3 Å². The van der Waals surface area contributed by atoms with Crippen molar-refractivity contribution in [1.82, 2.24) is 0 Å². The summed E-state index contributed by atoms with van der Waals surface area (Å²) in [6.07, 6.45) is 2.03. The Morgan fingerprint density at radius 3 is 3.08 bits per heavy atom. The van der Waals surface area contributed by atoms with E-state index in [0.717, 1.165) is 37.0 Å². The van der Waals surface area contributed by atoms with Crippen molar-refractivity contribution in [3.8, 4) is 0 Å². The first-order valence-corrected chi connectivity index (χ1v) is 4.69. The van der Waals surface area contributed by atoms with E-state index < -0.39 is 0 Å². The van der Waals surface area contributed by atoms with Gasteiger partial charge in [-0.2, -0.15) is 0 Å². The highest BCUT2D eigenvalue weighted by molar-refractivity contribution is 5.87. The van der Waals surface area contributed by atoms with Gasteiger partial charge in [0.05, 0.1) is 5.69 Å². The van der Waals surface area contributed by atoms with Crippen LogP contribution in [0.25, 0.3) is 0 Å². The fourth-order valence-electron chi connectivity index (χ4n) is 1.98. The maximum Gasteiger partial charge on any atom is 0.152 e. The number of carbonyl (C=O) groups is 1. The van der Waals surface area contributed by atoms with E-state index in [2.05, 4.69) is 17.9 Å². The zero-order chi connectivity index (χ0) is 9.26. The first-order chi connectivity index (χ1) is 6.36. The van der Waals surface area contributed by atoms with Gasteiger partial charge in [0.1, 0.15) is 0 Å². The number of anilines is 1. The number of rotatable bonds is 2. The smallest absolute Gasteiger partial charge is 0.152 e. The lowest BCUT2D eigenvalue weighted by molar-refractivity contribution is 0.112. The Hall–Kier alpha value is -1.31. The Labute approximate surface area is 78.2 Å². The number of fused-ring (bicyclic) bond motifs is 1. The van der Waals surface area contributed by atoms with Crippen molar-refractivity contribution in [3.63, 3.8) is 0 Å². The molecule has 1 aliphatic heterocycles. The summed E-state index contributed by atoms with van der Waals surface area (Å²) in [6, 6.07) is 5.96. The van der Waals surface area contributed by atoms with Crippen LogP contribution in [0.1, 0.15) is 22.8 Å². The molecule has 0 unspecified atom stereocenters. The molecule has 0 spiro atoms.